The molecule has 0 radical (unpaired) electrons. The molecule has 2 aliphatic rings. The number of carbonyl (C=O) groups is 1. The molecular weight excluding hydrogens is 202 g/mol. The quantitative estimate of drug-likeness (QED) is 0.770. The summed E-state index contributed by atoms with van der Waals surface area (Å²) in [5.41, 5.74) is 0. The van der Waals surface area contributed by atoms with Crippen LogP contribution < -0.4 is 0 Å². The number of rotatable bonds is 5. The van der Waals surface area contributed by atoms with Gasteiger partial charge in [0.25, 0.3) is 0 Å². The average Bonchev–Trinajstić information content (AvgIpc) is 2.89. The van der Waals surface area contributed by atoms with Gasteiger partial charge in [-0.05, 0) is 38.1 Å². The van der Waals surface area contributed by atoms with Crippen molar-refractivity contribution in [1.82, 2.24) is 4.90 Å². The van der Waals surface area contributed by atoms with Crippen LogP contribution in [0.2, 0.25) is 0 Å². The van der Waals surface area contributed by atoms with Crippen LogP contribution in [0.25, 0.3) is 0 Å². The summed E-state index contributed by atoms with van der Waals surface area (Å²) in [6.07, 6.45) is 6.76. The van der Waals surface area contributed by atoms with Crippen LogP contribution in [-0.2, 0) is 4.79 Å². The van der Waals surface area contributed by atoms with Gasteiger partial charge in [-0.15, -0.1) is 0 Å². The van der Waals surface area contributed by atoms with Gasteiger partial charge >= 0.3 is 0 Å². The first-order chi connectivity index (χ1) is 7.79. The first kappa shape index (κ1) is 12.1. The molecule has 2 rings (SSSR count). The Balaban J connectivity index is 1.71. The van der Waals surface area contributed by atoms with E-state index in [1.807, 2.05) is 0 Å². The van der Waals surface area contributed by atoms with Gasteiger partial charge in [-0.2, -0.15) is 0 Å². The minimum atomic E-state index is 0.287. The van der Waals surface area contributed by atoms with Gasteiger partial charge in [0.05, 0.1) is 6.54 Å². The van der Waals surface area contributed by atoms with E-state index < -0.39 is 0 Å². The van der Waals surface area contributed by atoms with Crippen molar-refractivity contribution >= 4 is 5.78 Å². The molecule has 0 spiro atoms. The van der Waals surface area contributed by atoms with E-state index in [1.54, 1.807) is 0 Å². The second-order valence-corrected chi connectivity index (χ2v) is 5.35. The van der Waals surface area contributed by atoms with E-state index in [-0.39, 0.29) is 6.61 Å². The molecule has 0 bridgehead atoms. The van der Waals surface area contributed by atoms with Crippen LogP contribution >= 0.6 is 0 Å². The third-order valence-electron chi connectivity index (χ3n) is 4.10. The number of likely N-dealkylation sites (tertiary alicyclic amines) is 1. The Hall–Kier alpha value is -0.410. The smallest absolute Gasteiger partial charge is 0.149 e. The van der Waals surface area contributed by atoms with Gasteiger partial charge in [-0.3, -0.25) is 9.69 Å². The highest BCUT2D eigenvalue weighted by Gasteiger charge is 2.27. The highest BCUT2D eigenvalue weighted by atomic mass is 16.3. The van der Waals surface area contributed by atoms with Crippen LogP contribution in [0.15, 0.2) is 0 Å². The lowest BCUT2D eigenvalue weighted by molar-refractivity contribution is -0.123. The summed E-state index contributed by atoms with van der Waals surface area (Å²) in [6, 6.07) is 0. The average molecular weight is 225 g/mol. The second kappa shape index (κ2) is 5.78. The van der Waals surface area contributed by atoms with Crippen LogP contribution in [0.4, 0.5) is 0 Å². The summed E-state index contributed by atoms with van der Waals surface area (Å²) in [5.74, 6) is 1.43. The molecule has 1 atom stereocenters. The van der Waals surface area contributed by atoms with Crippen molar-refractivity contribution in [2.24, 2.45) is 11.8 Å². The number of Topliss-reactive ketones (excluding diaryl/α,β-unsaturated/α-hetero) is 1. The van der Waals surface area contributed by atoms with E-state index in [0.29, 0.717) is 24.2 Å². The number of aliphatic hydroxyl groups is 1. The predicted molar refractivity (Wildman–Crippen MR) is 63.2 cm³/mol. The lowest BCUT2D eigenvalue weighted by Gasteiger charge is -2.17. The van der Waals surface area contributed by atoms with Gasteiger partial charge in [0.15, 0.2) is 0 Å². The summed E-state index contributed by atoms with van der Waals surface area (Å²) in [6.45, 7) is 3.00. The minimum absolute atomic E-state index is 0.287. The van der Waals surface area contributed by atoms with E-state index in [4.69, 9.17) is 5.11 Å². The van der Waals surface area contributed by atoms with Crippen LogP contribution in [0, 0.1) is 11.8 Å². The Labute approximate surface area is 97.8 Å². The molecule has 16 heavy (non-hydrogen) atoms. The monoisotopic (exact) mass is 225 g/mol. The van der Waals surface area contributed by atoms with Crippen molar-refractivity contribution in [3.8, 4) is 0 Å². The molecule has 3 heteroatoms. The lowest BCUT2D eigenvalue weighted by Crippen LogP contribution is -2.31. The zero-order chi connectivity index (χ0) is 11.4. The lowest BCUT2D eigenvalue weighted by atomic mass is 10.0. The predicted octanol–water partition coefficient (Wildman–Crippen LogP) is 1.45. The van der Waals surface area contributed by atoms with Crippen LogP contribution in [0.1, 0.15) is 38.5 Å². The molecule has 1 saturated carbocycles. The number of carbonyl (C=O) groups excluding carboxylic acids is 1. The molecule has 0 aromatic rings. The van der Waals surface area contributed by atoms with E-state index in [1.165, 1.54) is 12.8 Å². The van der Waals surface area contributed by atoms with Gasteiger partial charge in [0.1, 0.15) is 5.78 Å². The number of hydrogen-bond acceptors (Lipinski definition) is 3. The molecule has 92 valence electrons. The second-order valence-electron chi connectivity index (χ2n) is 5.35. The van der Waals surface area contributed by atoms with Crippen LogP contribution in [0.5, 0.6) is 0 Å². The minimum Gasteiger partial charge on any atom is -0.396 e. The number of aliphatic hydroxyl groups excluding tert-OH is 1. The van der Waals surface area contributed by atoms with Crippen LogP contribution in [0.3, 0.4) is 0 Å². The van der Waals surface area contributed by atoms with Crippen molar-refractivity contribution in [2.75, 3.05) is 26.2 Å². The molecule has 1 aliphatic carbocycles. The molecule has 1 saturated heterocycles. The van der Waals surface area contributed by atoms with E-state index in [2.05, 4.69) is 4.90 Å². The summed E-state index contributed by atoms with van der Waals surface area (Å²) in [5, 5.41) is 8.88. The molecule has 1 unspecified atom stereocenters. The van der Waals surface area contributed by atoms with Crippen molar-refractivity contribution in [3.63, 3.8) is 0 Å². The van der Waals surface area contributed by atoms with Crippen molar-refractivity contribution < 1.29 is 9.90 Å². The molecule has 1 heterocycles. The Morgan fingerprint density at radius 3 is 2.69 bits per heavy atom. The molecule has 0 aromatic heterocycles. The fourth-order valence-corrected chi connectivity index (χ4v) is 3.07. The van der Waals surface area contributed by atoms with Gasteiger partial charge in [-0.25, -0.2) is 0 Å². The molecule has 2 fully saturated rings. The van der Waals surface area contributed by atoms with E-state index in [0.717, 1.165) is 38.8 Å². The molecular formula is C13H23NO2. The Kier molecular flexibility index (Phi) is 4.36. The first-order valence-electron chi connectivity index (χ1n) is 6.65. The summed E-state index contributed by atoms with van der Waals surface area (Å²) < 4.78 is 0. The molecule has 0 amide bonds. The van der Waals surface area contributed by atoms with E-state index in [9.17, 15) is 4.79 Å². The Bertz CT molecular complexity index is 236. The van der Waals surface area contributed by atoms with Gasteiger partial charge in [0.2, 0.25) is 0 Å². The highest BCUT2D eigenvalue weighted by Crippen LogP contribution is 2.26. The largest absolute Gasteiger partial charge is 0.396 e. The molecule has 0 aromatic carbocycles. The topological polar surface area (TPSA) is 40.5 Å². The van der Waals surface area contributed by atoms with Gasteiger partial charge < -0.3 is 5.11 Å². The Morgan fingerprint density at radius 1 is 1.25 bits per heavy atom. The maximum absolute atomic E-state index is 12.0. The molecule has 1 N–H and O–H groups in total. The zero-order valence-electron chi connectivity index (χ0n) is 10.0. The third-order valence-corrected chi connectivity index (χ3v) is 4.10. The number of hydrogen-bond donors (Lipinski definition) is 1. The Morgan fingerprint density at radius 2 is 2.00 bits per heavy atom. The number of nitrogens with zero attached hydrogens (tertiary/aromatic N) is 1. The van der Waals surface area contributed by atoms with Crippen LogP contribution in [-0.4, -0.2) is 42.0 Å². The normalized spacial score (nSPS) is 27.7. The zero-order valence-corrected chi connectivity index (χ0v) is 10.0. The first-order valence-corrected chi connectivity index (χ1v) is 6.65. The summed E-state index contributed by atoms with van der Waals surface area (Å²) in [4.78, 5) is 14.3. The third kappa shape index (κ3) is 3.05. The van der Waals surface area contributed by atoms with Crippen molar-refractivity contribution in [1.29, 1.82) is 0 Å². The van der Waals surface area contributed by atoms with Gasteiger partial charge in [-0.1, -0.05) is 12.8 Å². The van der Waals surface area contributed by atoms with E-state index >= 15 is 0 Å². The standard InChI is InChI=1S/C13H23NO2/c15-8-6-11-5-7-14(9-11)10-13(16)12-3-1-2-4-12/h11-12,15H,1-10H2. The van der Waals surface area contributed by atoms with Crippen molar-refractivity contribution in [3.05, 3.63) is 0 Å². The molecule has 1 aliphatic heterocycles. The summed E-state index contributed by atoms with van der Waals surface area (Å²) >= 11 is 0. The highest BCUT2D eigenvalue weighted by molar-refractivity contribution is 5.83. The fourth-order valence-electron chi connectivity index (χ4n) is 3.07. The molecule has 3 nitrogen and oxygen atoms in total. The SMILES string of the molecule is O=C(CN1CCC(CCO)C1)C1CCCC1. The fraction of sp³-hybridized carbons (Fsp3) is 0.923. The number of ketones is 1. The maximum Gasteiger partial charge on any atom is 0.149 e. The maximum atomic E-state index is 12.0. The summed E-state index contributed by atoms with van der Waals surface area (Å²) in [7, 11) is 0. The van der Waals surface area contributed by atoms with Crippen molar-refractivity contribution in [2.45, 2.75) is 38.5 Å². The van der Waals surface area contributed by atoms with Gasteiger partial charge in [0, 0.05) is 19.1 Å².